The quantitative estimate of drug-likeness (QED) is 0.0589. The Labute approximate surface area is 386 Å². The van der Waals surface area contributed by atoms with Crippen LogP contribution >= 0.6 is 21.6 Å². The van der Waals surface area contributed by atoms with Gasteiger partial charge < -0.3 is 46.3 Å². The Kier molecular flexibility index (Phi) is 12.0. The third-order valence-electron chi connectivity index (χ3n) is 19.0. The molecule has 0 radical (unpaired) electrons. The average Bonchev–Trinajstić information content (AvgIpc) is 3.88. The molecule has 1 saturated heterocycles. The van der Waals surface area contributed by atoms with Gasteiger partial charge in [0.2, 0.25) is 0 Å². The molecule has 0 amide bonds. The van der Waals surface area contributed by atoms with Crippen LogP contribution in [0.15, 0.2) is 57.7 Å². The van der Waals surface area contributed by atoms with Crippen molar-refractivity contribution in [2.45, 2.75) is 147 Å². The number of hydrogen-bond acceptors (Lipinski definition) is 11. The highest BCUT2D eigenvalue weighted by molar-refractivity contribution is 8.76. The predicted molar refractivity (Wildman–Crippen MR) is 250 cm³/mol. The lowest BCUT2D eigenvalue weighted by Gasteiger charge is -2.64. The minimum atomic E-state index is -1.60. The monoisotopic (exact) mass is 919 g/mol. The molecule has 1 aromatic heterocycles. The highest BCUT2D eigenvalue weighted by Crippen LogP contribution is 2.73. The van der Waals surface area contributed by atoms with Crippen LogP contribution in [0, 0.1) is 69.5 Å². The van der Waals surface area contributed by atoms with Gasteiger partial charge in [0.05, 0.1) is 36.8 Å². The molecule has 17 atom stereocenters. The molecule has 6 fully saturated rings. The fourth-order valence-corrected chi connectivity index (χ4v) is 19.5. The number of ketones is 1. The van der Waals surface area contributed by atoms with Gasteiger partial charge in [-0.1, -0.05) is 71.1 Å². The number of aliphatic imine (C=N–C) groups is 1. The van der Waals surface area contributed by atoms with E-state index in [1.54, 1.807) is 34.9 Å². The van der Waals surface area contributed by atoms with Gasteiger partial charge in [0.15, 0.2) is 11.7 Å². The first-order chi connectivity index (χ1) is 30.5. The molecule has 12 nitrogen and oxygen atoms in total. The SMILES string of the molecule is C[C@H](O)NC(N)=NC[C@H]1C[C@]2(CO)[C@@H]3C[C@H](CSSC[C@H](n4ccnc4)CC(C)(C)C4=C5CCCC[C@@H]5C5=C6[C@@H](CCC5)C[C@@H]3[C@H](O)[C@H]64)[C@@]2(O)C2=CC(=O)[C@@H]3C[C@@H](O)[C@@H](O)C[C@]3(C)[C@H]21. The summed E-state index contributed by atoms with van der Waals surface area (Å²) >= 11 is 0. The number of fused-ring (bicyclic) bond motifs is 13. The lowest BCUT2D eigenvalue weighted by molar-refractivity contribution is -0.185. The van der Waals surface area contributed by atoms with Crippen LogP contribution in [-0.4, -0.2) is 107 Å². The molecule has 4 bridgehead atoms. The van der Waals surface area contributed by atoms with E-state index in [4.69, 9.17) is 10.7 Å². The van der Waals surface area contributed by atoms with Gasteiger partial charge in [-0.3, -0.25) is 9.79 Å². The first-order valence-electron chi connectivity index (χ1n) is 24.6. The highest BCUT2D eigenvalue weighted by Gasteiger charge is 2.74. The Balaban J connectivity index is 1.16. The van der Waals surface area contributed by atoms with Gasteiger partial charge in [-0.05, 0) is 136 Å². The molecule has 0 spiro atoms. The maximum atomic E-state index is 14.6. The molecule has 8 aliphatic carbocycles. The summed E-state index contributed by atoms with van der Waals surface area (Å²) in [6.07, 6.45) is 14.8. The van der Waals surface area contributed by atoms with Gasteiger partial charge >= 0.3 is 0 Å². The fourth-order valence-electron chi connectivity index (χ4n) is 16.8. The Morgan fingerprint density at radius 2 is 1.80 bits per heavy atom. The van der Waals surface area contributed by atoms with Crippen molar-refractivity contribution >= 4 is 33.3 Å². The summed E-state index contributed by atoms with van der Waals surface area (Å²) in [5, 5.41) is 75.6. The van der Waals surface area contributed by atoms with Crippen LogP contribution in [0.2, 0.25) is 0 Å². The molecule has 14 heteroatoms. The summed E-state index contributed by atoms with van der Waals surface area (Å²) in [5.41, 5.74) is 9.39. The zero-order valence-corrected chi connectivity index (χ0v) is 39.9. The van der Waals surface area contributed by atoms with Crippen LogP contribution in [0.4, 0.5) is 0 Å². The third kappa shape index (κ3) is 6.93. The first-order valence-corrected chi connectivity index (χ1v) is 27.1. The molecule has 0 unspecified atom stereocenters. The van der Waals surface area contributed by atoms with Crippen LogP contribution in [0.5, 0.6) is 0 Å². The number of nitrogens with zero attached hydrogens (tertiary/aromatic N) is 3. The molecule has 9 N–H and O–H groups in total. The lowest BCUT2D eigenvalue weighted by atomic mass is 9.41. The summed E-state index contributed by atoms with van der Waals surface area (Å²) in [5.74, 6) is -0.112. The summed E-state index contributed by atoms with van der Waals surface area (Å²) in [4.78, 5) is 23.9. The molecule has 10 rings (SSSR count). The second-order valence-electron chi connectivity index (χ2n) is 22.7. The fraction of sp³-hybridized carbons (Fsp3) is 0.780. The Hall–Kier alpha value is -2.17. The maximum Gasteiger partial charge on any atom is 0.190 e. The van der Waals surface area contributed by atoms with Crippen LogP contribution < -0.4 is 11.1 Å². The second-order valence-corrected chi connectivity index (χ2v) is 25.3. The summed E-state index contributed by atoms with van der Waals surface area (Å²) in [6.45, 7) is 8.37. The van der Waals surface area contributed by atoms with Crippen molar-refractivity contribution in [2.75, 3.05) is 24.7 Å². The number of carbonyl (C=O) groups excluding carboxylic acids is 1. The van der Waals surface area contributed by atoms with Crippen molar-refractivity contribution in [3.05, 3.63) is 52.7 Å². The number of guanidine groups is 1. The zero-order valence-electron chi connectivity index (χ0n) is 38.2. The van der Waals surface area contributed by atoms with Gasteiger partial charge in [-0.15, -0.1) is 0 Å². The second kappa shape index (κ2) is 16.8. The van der Waals surface area contributed by atoms with Crippen LogP contribution in [0.1, 0.15) is 117 Å². The predicted octanol–water partition coefficient (Wildman–Crippen LogP) is 5.70. The summed E-state index contributed by atoms with van der Waals surface area (Å²) in [6, 6.07) is 0.151. The van der Waals surface area contributed by atoms with E-state index in [1.807, 2.05) is 30.2 Å². The Morgan fingerprint density at radius 1 is 1.02 bits per heavy atom. The van der Waals surface area contributed by atoms with Crippen molar-refractivity contribution in [3.63, 3.8) is 0 Å². The smallest absolute Gasteiger partial charge is 0.190 e. The first kappa shape index (κ1) is 45.6. The number of imidazole rings is 1. The molecule has 1 aromatic rings. The van der Waals surface area contributed by atoms with Crippen molar-refractivity contribution in [3.8, 4) is 0 Å². The van der Waals surface area contributed by atoms with Crippen molar-refractivity contribution < 1.29 is 35.4 Å². The standard InChI is InChI=1S/C50H73N5O7S2/c1-26(57)54-46(51)53-21-28-18-49(24-56)35-15-29(50(49,62)37-17-38(58)36-16-39(59)40(60)20-48(36,4)43(28)37)22-63-64-23-30(55-13-12-52-25-55)19-47(2,3)44-33-10-6-5-9-31(33)32-11-7-8-27-14-34(35)45(61)42(44)41(27)32/h12-13,17,25-31,34-36,39-40,42-43,45,56-57,59-62H,5-11,14-16,18-24H2,1-4H3,(H3,51,53,54)/t26-,27-,28+,29+,30+,31+,34-,35+,36-,39+,40-,42+,43-,45-,48-,49-,50+/m0/s1. The number of nitrogens with one attached hydrogen (secondary N) is 1. The molecule has 64 heavy (non-hydrogen) atoms. The van der Waals surface area contributed by atoms with Gasteiger partial charge in [0.25, 0.3) is 0 Å². The van der Waals surface area contributed by atoms with E-state index in [1.165, 1.54) is 24.0 Å². The minimum absolute atomic E-state index is 0.0810. The average molecular weight is 920 g/mol. The number of aliphatic hydroxyl groups excluding tert-OH is 5. The van der Waals surface area contributed by atoms with E-state index < -0.39 is 52.8 Å². The van der Waals surface area contributed by atoms with Gasteiger partial charge in [-0.2, -0.15) is 0 Å². The van der Waals surface area contributed by atoms with E-state index in [0.717, 1.165) is 50.7 Å². The number of aromatic nitrogens is 2. The Morgan fingerprint density at radius 3 is 2.55 bits per heavy atom. The molecule has 9 aliphatic rings. The summed E-state index contributed by atoms with van der Waals surface area (Å²) in [7, 11) is 3.59. The number of rotatable bonds is 5. The number of carbonyl (C=O) groups is 1. The number of hydrogen-bond donors (Lipinski definition) is 8. The number of aliphatic hydroxyl groups is 6. The van der Waals surface area contributed by atoms with E-state index >= 15 is 0 Å². The van der Waals surface area contributed by atoms with E-state index in [0.29, 0.717) is 36.0 Å². The molecule has 5 saturated carbocycles. The van der Waals surface area contributed by atoms with E-state index in [2.05, 4.69) is 34.9 Å². The van der Waals surface area contributed by atoms with Crippen molar-refractivity contribution in [2.24, 2.45) is 80.2 Å². The maximum absolute atomic E-state index is 14.6. The number of allylic oxidation sites excluding steroid dienone is 3. The minimum Gasteiger partial charge on any atom is -0.396 e. The molecule has 352 valence electrons. The summed E-state index contributed by atoms with van der Waals surface area (Å²) < 4.78 is 2.26. The van der Waals surface area contributed by atoms with Crippen molar-refractivity contribution in [1.29, 1.82) is 0 Å². The Bertz CT molecular complexity index is 2110. The van der Waals surface area contributed by atoms with Crippen LogP contribution in [0.25, 0.3) is 0 Å². The van der Waals surface area contributed by atoms with Gasteiger partial charge in [0.1, 0.15) is 6.23 Å². The normalized spacial score (nSPS) is 45.9. The molecule has 1 aliphatic heterocycles. The zero-order chi connectivity index (χ0) is 45.1. The lowest BCUT2D eigenvalue weighted by Crippen LogP contribution is -2.67. The molecular formula is C50H73N5O7S2. The largest absolute Gasteiger partial charge is 0.396 e. The third-order valence-corrected chi connectivity index (χ3v) is 21.6. The molecule has 0 aromatic carbocycles. The topological polar surface area (TPSA) is 207 Å². The van der Waals surface area contributed by atoms with Gasteiger partial charge in [0, 0.05) is 65.6 Å². The highest BCUT2D eigenvalue weighted by atomic mass is 33.1. The van der Waals surface area contributed by atoms with Gasteiger partial charge in [-0.25, -0.2) is 4.98 Å². The van der Waals surface area contributed by atoms with E-state index in [-0.39, 0.29) is 78.8 Å². The van der Waals surface area contributed by atoms with Crippen molar-refractivity contribution in [1.82, 2.24) is 14.9 Å². The molecular weight excluding hydrogens is 847 g/mol. The van der Waals surface area contributed by atoms with E-state index in [9.17, 15) is 35.4 Å². The van der Waals surface area contributed by atoms with Crippen LogP contribution in [-0.2, 0) is 4.79 Å². The van der Waals surface area contributed by atoms with Crippen LogP contribution in [0.3, 0.4) is 0 Å². The number of nitrogens with two attached hydrogens (primary N) is 1. The molecule has 2 heterocycles.